The highest BCUT2D eigenvalue weighted by Gasteiger charge is 2.12. The van der Waals surface area contributed by atoms with Crippen LogP contribution in [0.1, 0.15) is 10.7 Å². The second-order valence-corrected chi connectivity index (χ2v) is 5.86. The van der Waals surface area contributed by atoms with E-state index in [2.05, 4.69) is 20.8 Å². The zero-order valence-corrected chi connectivity index (χ0v) is 13.5. The Labute approximate surface area is 136 Å². The van der Waals surface area contributed by atoms with E-state index in [1.54, 1.807) is 48.3 Å². The van der Waals surface area contributed by atoms with Crippen LogP contribution in [0, 0.1) is 6.92 Å². The van der Waals surface area contributed by atoms with E-state index in [9.17, 15) is 4.79 Å². The average Bonchev–Trinajstić information content (AvgIpc) is 3.18. The summed E-state index contributed by atoms with van der Waals surface area (Å²) in [6.07, 6.45) is 0.350. The number of aryl methyl sites for hydroxylation is 1. The number of nitrogens with one attached hydrogen (secondary N) is 1. The van der Waals surface area contributed by atoms with Crippen LogP contribution in [0.5, 0.6) is 5.75 Å². The van der Waals surface area contributed by atoms with Crippen molar-refractivity contribution in [3.8, 4) is 11.4 Å². The van der Waals surface area contributed by atoms with Crippen LogP contribution in [0.4, 0.5) is 5.69 Å². The van der Waals surface area contributed by atoms with Gasteiger partial charge in [-0.1, -0.05) is 6.07 Å². The topological polar surface area (TPSA) is 81.9 Å². The minimum Gasteiger partial charge on any atom is -0.494 e. The lowest BCUT2D eigenvalue weighted by molar-refractivity contribution is -0.115. The average molecular weight is 329 g/mol. The number of methoxy groups -OCH3 is 1. The summed E-state index contributed by atoms with van der Waals surface area (Å²) in [5, 5.41) is 16.3. The molecule has 3 rings (SSSR count). The molecule has 0 aliphatic heterocycles. The largest absolute Gasteiger partial charge is 0.494 e. The predicted molar refractivity (Wildman–Crippen MR) is 87.1 cm³/mol. The summed E-state index contributed by atoms with van der Waals surface area (Å²) in [6, 6.07) is 9.22. The van der Waals surface area contributed by atoms with Crippen molar-refractivity contribution in [2.75, 3.05) is 12.4 Å². The van der Waals surface area contributed by atoms with E-state index in [4.69, 9.17) is 4.74 Å². The van der Waals surface area contributed by atoms with E-state index in [1.807, 2.05) is 17.5 Å². The standard InChI is InChI=1S/C15H15N5O2S/c1-10-17-18-19-20(10)13-8-11(5-6-14(13)22-2)16-15(21)9-12-4-3-7-23-12/h3-8H,9H2,1-2H3,(H,16,21). The van der Waals surface area contributed by atoms with Crippen LogP contribution in [0.2, 0.25) is 0 Å². The summed E-state index contributed by atoms with van der Waals surface area (Å²) in [5.74, 6) is 1.18. The van der Waals surface area contributed by atoms with Crippen molar-refractivity contribution < 1.29 is 9.53 Å². The number of amides is 1. The fraction of sp³-hybridized carbons (Fsp3) is 0.200. The quantitative estimate of drug-likeness (QED) is 0.776. The van der Waals surface area contributed by atoms with E-state index >= 15 is 0 Å². The molecule has 0 saturated carbocycles. The number of aromatic nitrogens is 4. The zero-order chi connectivity index (χ0) is 16.2. The van der Waals surface area contributed by atoms with Crippen molar-refractivity contribution in [2.24, 2.45) is 0 Å². The molecule has 0 spiro atoms. The van der Waals surface area contributed by atoms with Gasteiger partial charge in [-0.05, 0) is 47.0 Å². The van der Waals surface area contributed by atoms with Gasteiger partial charge >= 0.3 is 0 Å². The smallest absolute Gasteiger partial charge is 0.229 e. The predicted octanol–water partition coefficient (Wildman–Crippen LogP) is 2.22. The summed E-state index contributed by atoms with van der Waals surface area (Å²) in [6.45, 7) is 1.79. The van der Waals surface area contributed by atoms with Gasteiger partial charge in [0, 0.05) is 10.6 Å². The molecule has 8 heteroatoms. The maximum Gasteiger partial charge on any atom is 0.229 e. The van der Waals surface area contributed by atoms with Crippen molar-refractivity contribution in [1.82, 2.24) is 20.2 Å². The van der Waals surface area contributed by atoms with Gasteiger partial charge in [-0.15, -0.1) is 16.4 Å². The van der Waals surface area contributed by atoms with E-state index in [0.29, 0.717) is 29.4 Å². The molecule has 118 valence electrons. The fourth-order valence-electron chi connectivity index (χ4n) is 2.16. The van der Waals surface area contributed by atoms with Crippen molar-refractivity contribution in [3.05, 3.63) is 46.4 Å². The van der Waals surface area contributed by atoms with Gasteiger partial charge < -0.3 is 10.1 Å². The Hall–Kier alpha value is -2.74. The normalized spacial score (nSPS) is 10.5. The van der Waals surface area contributed by atoms with Crippen molar-refractivity contribution >= 4 is 22.9 Å². The highest BCUT2D eigenvalue weighted by Crippen LogP contribution is 2.26. The first-order chi connectivity index (χ1) is 11.2. The number of nitrogens with zero attached hydrogens (tertiary/aromatic N) is 4. The first-order valence-corrected chi connectivity index (χ1v) is 7.81. The van der Waals surface area contributed by atoms with Crippen LogP contribution in [0.15, 0.2) is 35.7 Å². The molecular weight excluding hydrogens is 314 g/mol. The lowest BCUT2D eigenvalue weighted by Crippen LogP contribution is -2.14. The molecule has 2 aromatic heterocycles. The molecule has 0 fully saturated rings. The molecule has 2 heterocycles. The number of hydrogen-bond donors (Lipinski definition) is 1. The van der Waals surface area contributed by atoms with Crippen LogP contribution in [-0.2, 0) is 11.2 Å². The van der Waals surface area contributed by atoms with E-state index in [-0.39, 0.29) is 5.91 Å². The highest BCUT2D eigenvalue weighted by atomic mass is 32.1. The Morgan fingerprint density at radius 3 is 2.91 bits per heavy atom. The summed E-state index contributed by atoms with van der Waals surface area (Å²) in [7, 11) is 1.58. The van der Waals surface area contributed by atoms with Gasteiger partial charge in [0.25, 0.3) is 0 Å². The maximum atomic E-state index is 12.1. The number of benzene rings is 1. The van der Waals surface area contributed by atoms with Gasteiger partial charge in [0.2, 0.25) is 5.91 Å². The summed E-state index contributed by atoms with van der Waals surface area (Å²) in [5.41, 5.74) is 1.33. The van der Waals surface area contributed by atoms with Gasteiger partial charge in [-0.3, -0.25) is 4.79 Å². The van der Waals surface area contributed by atoms with Gasteiger partial charge in [0.15, 0.2) is 5.82 Å². The second-order valence-electron chi connectivity index (χ2n) is 4.83. The van der Waals surface area contributed by atoms with Gasteiger partial charge in [-0.2, -0.15) is 4.68 Å². The summed E-state index contributed by atoms with van der Waals surface area (Å²) in [4.78, 5) is 13.1. The first kappa shape index (κ1) is 15.2. The molecular formula is C15H15N5O2S. The van der Waals surface area contributed by atoms with Gasteiger partial charge in [-0.25, -0.2) is 0 Å². The summed E-state index contributed by atoms with van der Waals surface area (Å²) >= 11 is 1.56. The number of ether oxygens (including phenoxy) is 1. The molecule has 0 atom stereocenters. The molecule has 1 N–H and O–H groups in total. The Balaban J connectivity index is 1.83. The molecule has 7 nitrogen and oxygen atoms in total. The van der Waals surface area contributed by atoms with E-state index < -0.39 is 0 Å². The van der Waals surface area contributed by atoms with Gasteiger partial charge in [0.05, 0.1) is 13.5 Å². The minimum atomic E-state index is -0.0722. The SMILES string of the molecule is COc1ccc(NC(=O)Cc2cccs2)cc1-n1nnnc1C. The van der Waals surface area contributed by atoms with Crippen molar-refractivity contribution in [2.45, 2.75) is 13.3 Å². The number of hydrogen-bond acceptors (Lipinski definition) is 6. The molecule has 0 bridgehead atoms. The lowest BCUT2D eigenvalue weighted by atomic mass is 10.2. The third kappa shape index (κ3) is 3.37. The molecule has 0 radical (unpaired) electrons. The molecule has 0 aliphatic rings. The third-order valence-electron chi connectivity index (χ3n) is 3.23. The van der Waals surface area contributed by atoms with Crippen LogP contribution >= 0.6 is 11.3 Å². The number of carbonyl (C=O) groups is 1. The Morgan fingerprint density at radius 2 is 2.26 bits per heavy atom. The Bertz CT molecular complexity index is 813. The number of thiophene rings is 1. The molecule has 0 aliphatic carbocycles. The molecule has 23 heavy (non-hydrogen) atoms. The number of carbonyl (C=O) groups excluding carboxylic acids is 1. The van der Waals surface area contributed by atoms with Crippen LogP contribution in [0.3, 0.4) is 0 Å². The van der Waals surface area contributed by atoms with Crippen LogP contribution in [0.25, 0.3) is 5.69 Å². The van der Waals surface area contributed by atoms with Crippen LogP contribution in [-0.4, -0.2) is 33.2 Å². The van der Waals surface area contributed by atoms with Crippen LogP contribution < -0.4 is 10.1 Å². The van der Waals surface area contributed by atoms with Gasteiger partial charge in [0.1, 0.15) is 11.4 Å². The zero-order valence-electron chi connectivity index (χ0n) is 12.7. The van der Waals surface area contributed by atoms with E-state index in [1.165, 1.54) is 0 Å². The second kappa shape index (κ2) is 6.57. The molecule has 0 unspecified atom stereocenters. The van der Waals surface area contributed by atoms with Crippen molar-refractivity contribution in [3.63, 3.8) is 0 Å². The monoisotopic (exact) mass is 329 g/mol. The molecule has 3 aromatic rings. The molecule has 0 saturated heterocycles. The number of tetrazole rings is 1. The lowest BCUT2D eigenvalue weighted by Gasteiger charge is -2.11. The Kier molecular flexibility index (Phi) is 4.33. The summed E-state index contributed by atoms with van der Waals surface area (Å²) < 4.78 is 6.91. The van der Waals surface area contributed by atoms with Crippen molar-refractivity contribution in [1.29, 1.82) is 0 Å². The number of rotatable bonds is 5. The molecule has 1 aromatic carbocycles. The Morgan fingerprint density at radius 1 is 1.39 bits per heavy atom. The maximum absolute atomic E-state index is 12.1. The minimum absolute atomic E-state index is 0.0722. The fourth-order valence-corrected chi connectivity index (χ4v) is 2.87. The van der Waals surface area contributed by atoms with E-state index in [0.717, 1.165) is 4.88 Å². The highest BCUT2D eigenvalue weighted by molar-refractivity contribution is 7.10. The first-order valence-electron chi connectivity index (χ1n) is 6.93. The molecule has 1 amide bonds. The number of anilines is 1. The third-order valence-corrected chi connectivity index (χ3v) is 4.11.